The van der Waals surface area contributed by atoms with E-state index in [0.29, 0.717) is 0 Å². The van der Waals surface area contributed by atoms with Crippen LogP contribution in [0, 0.1) is 5.92 Å². The van der Waals surface area contributed by atoms with Crippen LogP contribution in [0.2, 0.25) is 0 Å². The van der Waals surface area contributed by atoms with Crippen LogP contribution in [-0.4, -0.2) is 28.0 Å². The zero-order valence-electron chi connectivity index (χ0n) is 12.9. The van der Waals surface area contributed by atoms with Crippen LogP contribution in [-0.2, 0) is 13.0 Å². The quantitative estimate of drug-likeness (QED) is 0.858. The number of nitrogens with zero attached hydrogens (tertiary/aromatic N) is 3. The van der Waals surface area contributed by atoms with E-state index in [2.05, 4.69) is 35.9 Å². The molecule has 3 rings (SSSR count). The molecule has 0 unspecified atom stereocenters. The van der Waals surface area contributed by atoms with Crippen molar-refractivity contribution in [1.82, 2.24) is 14.9 Å². The summed E-state index contributed by atoms with van der Waals surface area (Å²) in [5.74, 6) is 1.61. The average Bonchev–Trinajstić information content (AvgIpc) is 2.53. The van der Waals surface area contributed by atoms with E-state index in [1.54, 1.807) is 0 Å². The van der Waals surface area contributed by atoms with Gasteiger partial charge in [-0.15, -0.1) is 0 Å². The van der Waals surface area contributed by atoms with Gasteiger partial charge in [0.2, 0.25) is 0 Å². The third-order valence-corrected chi connectivity index (χ3v) is 4.08. The Morgan fingerprint density at radius 2 is 2.00 bits per heavy atom. The molecule has 1 aliphatic rings. The van der Waals surface area contributed by atoms with Gasteiger partial charge in [0.1, 0.15) is 0 Å². The second-order valence-electron chi connectivity index (χ2n) is 6.24. The Morgan fingerprint density at radius 3 is 2.76 bits per heavy atom. The summed E-state index contributed by atoms with van der Waals surface area (Å²) in [5, 5.41) is 0. The summed E-state index contributed by atoms with van der Waals surface area (Å²) >= 11 is 0. The lowest BCUT2D eigenvalue weighted by molar-refractivity contribution is 0.235. The minimum atomic E-state index is 0.761. The van der Waals surface area contributed by atoms with E-state index in [1.165, 1.54) is 24.2 Å². The highest BCUT2D eigenvalue weighted by Gasteiger charge is 2.18. The molecule has 1 aromatic heterocycles. The molecular formula is C18H23N3. The maximum Gasteiger partial charge on any atom is 0.159 e. The molecule has 0 amide bonds. The summed E-state index contributed by atoms with van der Waals surface area (Å²) in [7, 11) is 0. The zero-order chi connectivity index (χ0) is 14.7. The van der Waals surface area contributed by atoms with Gasteiger partial charge in [0, 0.05) is 24.8 Å². The number of aromatic nitrogens is 2. The third kappa shape index (κ3) is 3.48. The van der Waals surface area contributed by atoms with Crippen molar-refractivity contribution in [3.05, 3.63) is 47.8 Å². The van der Waals surface area contributed by atoms with Crippen molar-refractivity contribution >= 4 is 0 Å². The Morgan fingerprint density at radius 1 is 1.19 bits per heavy atom. The van der Waals surface area contributed by atoms with Crippen molar-refractivity contribution in [2.75, 3.05) is 13.1 Å². The minimum absolute atomic E-state index is 0.761. The van der Waals surface area contributed by atoms with Crippen molar-refractivity contribution in [3.8, 4) is 11.4 Å². The van der Waals surface area contributed by atoms with Crippen molar-refractivity contribution in [2.24, 2.45) is 5.92 Å². The Bertz CT molecular complexity index is 593. The van der Waals surface area contributed by atoms with Gasteiger partial charge in [0.05, 0.1) is 5.69 Å². The molecule has 3 heteroatoms. The van der Waals surface area contributed by atoms with Crippen LogP contribution in [0.3, 0.4) is 0 Å². The summed E-state index contributed by atoms with van der Waals surface area (Å²) in [4.78, 5) is 11.9. The van der Waals surface area contributed by atoms with Crippen molar-refractivity contribution in [1.29, 1.82) is 0 Å². The Kier molecular flexibility index (Phi) is 4.30. The molecule has 110 valence electrons. The van der Waals surface area contributed by atoms with Crippen LogP contribution < -0.4 is 0 Å². The minimum Gasteiger partial charge on any atom is -0.297 e. The SMILES string of the molecule is CC(C)CCN1CCc2cnc(-c3ccccc3)nc2C1. The van der Waals surface area contributed by atoms with Crippen LogP contribution in [0.15, 0.2) is 36.5 Å². The van der Waals surface area contributed by atoms with Crippen LogP contribution in [0.25, 0.3) is 11.4 Å². The van der Waals surface area contributed by atoms with E-state index < -0.39 is 0 Å². The van der Waals surface area contributed by atoms with E-state index in [0.717, 1.165) is 36.8 Å². The standard InChI is InChI=1S/C18H23N3/c1-14(2)8-10-21-11-9-16-12-19-18(20-17(16)13-21)15-6-4-3-5-7-15/h3-7,12,14H,8-11,13H2,1-2H3. The van der Waals surface area contributed by atoms with Gasteiger partial charge in [0.25, 0.3) is 0 Å². The lowest BCUT2D eigenvalue weighted by atomic mass is 10.0. The molecule has 0 saturated heterocycles. The molecule has 0 saturated carbocycles. The highest BCUT2D eigenvalue weighted by Crippen LogP contribution is 2.21. The first kappa shape index (κ1) is 14.2. The van der Waals surface area contributed by atoms with Gasteiger partial charge in [-0.1, -0.05) is 44.2 Å². The fourth-order valence-electron chi connectivity index (χ4n) is 2.72. The number of rotatable bonds is 4. The second kappa shape index (κ2) is 6.35. The number of fused-ring (bicyclic) bond motifs is 1. The molecule has 2 heterocycles. The largest absolute Gasteiger partial charge is 0.297 e. The summed E-state index contributed by atoms with van der Waals surface area (Å²) in [6.45, 7) is 7.83. The van der Waals surface area contributed by atoms with Crippen LogP contribution >= 0.6 is 0 Å². The molecule has 0 atom stereocenters. The Hall–Kier alpha value is -1.74. The monoisotopic (exact) mass is 281 g/mol. The number of hydrogen-bond donors (Lipinski definition) is 0. The average molecular weight is 281 g/mol. The van der Waals surface area contributed by atoms with Gasteiger partial charge in [-0.25, -0.2) is 9.97 Å². The van der Waals surface area contributed by atoms with Crippen LogP contribution in [0.4, 0.5) is 0 Å². The highest BCUT2D eigenvalue weighted by molar-refractivity contribution is 5.54. The van der Waals surface area contributed by atoms with E-state index in [-0.39, 0.29) is 0 Å². The fraction of sp³-hybridized carbons (Fsp3) is 0.444. The fourth-order valence-corrected chi connectivity index (χ4v) is 2.72. The van der Waals surface area contributed by atoms with E-state index in [9.17, 15) is 0 Å². The first-order chi connectivity index (χ1) is 10.2. The smallest absolute Gasteiger partial charge is 0.159 e. The van der Waals surface area contributed by atoms with Crippen molar-refractivity contribution in [2.45, 2.75) is 33.2 Å². The Balaban J connectivity index is 1.77. The van der Waals surface area contributed by atoms with Gasteiger partial charge in [-0.05, 0) is 30.9 Å². The Labute approximate surface area is 127 Å². The molecule has 0 fully saturated rings. The molecular weight excluding hydrogens is 258 g/mol. The zero-order valence-corrected chi connectivity index (χ0v) is 12.9. The lowest BCUT2D eigenvalue weighted by Crippen LogP contribution is -2.32. The van der Waals surface area contributed by atoms with E-state index in [1.807, 2.05) is 24.4 Å². The molecule has 1 aromatic carbocycles. The van der Waals surface area contributed by atoms with Crippen LogP contribution in [0.5, 0.6) is 0 Å². The van der Waals surface area contributed by atoms with Gasteiger partial charge >= 0.3 is 0 Å². The van der Waals surface area contributed by atoms with Crippen molar-refractivity contribution in [3.63, 3.8) is 0 Å². The van der Waals surface area contributed by atoms with Crippen molar-refractivity contribution < 1.29 is 0 Å². The predicted molar refractivity (Wildman–Crippen MR) is 85.9 cm³/mol. The van der Waals surface area contributed by atoms with Gasteiger partial charge in [-0.2, -0.15) is 0 Å². The summed E-state index contributed by atoms with van der Waals surface area (Å²) < 4.78 is 0. The molecule has 0 bridgehead atoms. The third-order valence-electron chi connectivity index (χ3n) is 4.08. The number of hydrogen-bond acceptors (Lipinski definition) is 3. The molecule has 0 aliphatic carbocycles. The summed E-state index contributed by atoms with van der Waals surface area (Å²) in [6, 6.07) is 10.2. The van der Waals surface area contributed by atoms with Gasteiger partial charge in [0.15, 0.2) is 5.82 Å². The molecule has 2 aromatic rings. The first-order valence-corrected chi connectivity index (χ1v) is 7.85. The first-order valence-electron chi connectivity index (χ1n) is 7.85. The summed E-state index contributed by atoms with van der Waals surface area (Å²) in [6.07, 6.45) is 4.35. The summed E-state index contributed by atoms with van der Waals surface area (Å²) in [5.41, 5.74) is 3.62. The van der Waals surface area contributed by atoms with E-state index in [4.69, 9.17) is 4.98 Å². The van der Waals surface area contributed by atoms with E-state index >= 15 is 0 Å². The lowest BCUT2D eigenvalue weighted by Gasteiger charge is -2.28. The molecule has 1 aliphatic heterocycles. The predicted octanol–water partition coefficient (Wildman–Crippen LogP) is 3.55. The van der Waals surface area contributed by atoms with Gasteiger partial charge in [-0.3, -0.25) is 4.90 Å². The van der Waals surface area contributed by atoms with Gasteiger partial charge < -0.3 is 0 Å². The topological polar surface area (TPSA) is 29.0 Å². The second-order valence-corrected chi connectivity index (χ2v) is 6.24. The number of benzene rings is 1. The molecule has 0 N–H and O–H groups in total. The highest BCUT2D eigenvalue weighted by atomic mass is 15.1. The molecule has 3 nitrogen and oxygen atoms in total. The molecule has 21 heavy (non-hydrogen) atoms. The molecule has 0 radical (unpaired) electrons. The maximum absolute atomic E-state index is 4.81. The molecule has 0 spiro atoms. The normalized spacial score (nSPS) is 15.2. The van der Waals surface area contributed by atoms with Crippen LogP contribution in [0.1, 0.15) is 31.5 Å². The maximum atomic E-state index is 4.81.